The molecule has 0 saturated heterocycles. The van der Waals surface area contributed by atoms with E-state index < -0.39 is 6.10 Å². The van der Waals surface area contributed by atoms with Crippen LogP contribution in [-0.4, -0.2) is 54.0 Å². The molecule has 0 aromatic carbocycles. The van der Waals surface area contributed by atoms with Crippen LogP contribution in [-0.2, 0) is 11.2 Å². The monoisotopic (exact) mass is 316 g/mol. The van der Waals surface area contributed by atoms with E-state index in [9.17, 15) is 5.11 Å². The number of ether oxygens (including phenoxy) is 1. The fraction of sp³-hybridized carbons (Fsp3) is 0.643. The number of thiazole rings is 1. The van der Waals surface area contributed by atoms with Gasteiger partial charge in [-0.3, -0.25) is 0 Å². The van der Waals surface area contributed by atoms with Gasteiger partial charge in [0.1, 0.15) is 0 Å². The van der Waals surface area contributed by atoms with Crippen molar-refractivity contribution in [1.82, 2.24) is 10.3 Å². The van der Waals surface area contributed by atoms with Gasteiger partial charge >= 0.3 is 0 Å². The van der Waals surface area contributed by atoms with Crippen molar-refractivity contribution in [3.63, 3.8) is 0 Å². The normalized spacial score (nSPS) is 12.5. The van der Waals surface area contributed by atoms with Gasteiger partial charge in [0.05, 0.1) is 30.5 Å². The molecule has 20 heavy (non-hydrogen) atoms. The highest BCUT2D eigenvalue weighted by atomic mass is 32.2. The quantitative estimate of drug-likeness (QED) is 0.455. The van der Waals surface area contributed by atoms with Crippen molar-refractivity contribution in [1.29, 1.82) is 0 Å². The van der Waals surface area contributed by atoms with Crippen molar-refractivity contribution in [2.75, 3.05) is 37.8 Å². The molecule has 1 aromatic rings. The van der Waals surface area contributed by atoms with Crippen LogP contribution in [0.4, 0.5) is 0 Å². The Kier molecular flexibility index (Phi) is 9.96. The SMILES string of the molecule is C=CCSCCNCC(O)COCCc1scnc1C. The second-order valence-electron chi connectivity index (χ2n) is 4.41. The number of nitrogens with one attached hydrogen (secondary N) is 1. The minimum atomic E-state index is -0.443. The molecule has 0 spiro atoms. The Labute approximate surface area is 129 Å². The largest absolute Gasteiger partial charge is 0.389 e. The summed E-state index contributed by atoms with van der Waals surface area (Å²) in [5.41, 5.74) is 2.94. The molecule has 4 nitrogen and oxygen atoms in total. The highest BCUT2D eigenvalue weighted by Gasteiger charge is 2.05. The van der Waals surface area contributed by atoms with E-state index in [2.05, 4.69) is 16.9 Å². The van der Waals surface area contributed by atoms with E-state index in [0.29, 0.717) is 19.8 Å². The van der Waals surface area contributed by atoms with E-state index in [0.717, 1.165) is 30.2 Å². The minimum absolute atomic E-state index is 0.380. The molecule has 1 rings (SSSR count). The van der Waals surface area contributed by atoms with E-state index in [1.807, 2.05) is 30.3 Å². The van der Waals surface area contributed by atoms with Gasteiger partial charge in [-0.15, -0.1) is 17.9 Å². The summed E-state index contributed by atoms with van der Waals surface area (Å²) in [6.07, 6.45) is 2.33. The van der Waals surface area contributed by atoms with Gasteiger partial charge in [0.25, 0.3) is 0 Å². The Balaban J connectivity index is 1.93. The first-order valence-electron chi connectivity index (χ1n) is 6.78. The zero-order valence-electron chi connectivity index (χ0n) is 12.0. The van der Waals surface area contributed by atoms with Crippen LogP contribution in [0.2, 0.25) is 0 Å². The third-order valence-electron chi connectivity index (χ3n) is 2.67. The van der Waals surface area contributed by atoms with Gasteiger partial charge in [-0.05, 0) is 6.92 Å². The number of hydrogen-bond donors (Lipinski definition) is 2. The fourth-order valence-corrected chi connectivity index (χ4v) is 2.97. The maximum Gasteiger partial charge on any atom is 0.0897 e. The standard InChI is InChI=1S/C14H24N2O2S2/c1-3-7-19-8-5-15-9-13(17)10-18-6-4-14-12(2)16-11-20-14/h3,11,13,15,17H,1,4-10H2,2H3. The Hall–Kier alpha value is -0.400. The molecular formula is C14H24N2O2S2. The summed E-state index contributed by atoms with van der Waals surface area (Å²) in [6, 6.07) is 0. The summed E-state index contributed by atoms with van der Waals surface area (Å²) in [6.45, 7) is 8.17. The lowest BCUT2D eigenvalue weighted by molar-refractivity contribution is 0.0388. The highest BCUT2D eigenvalue weighted by Crippen LogP contribution is 2.12. The Bertz CT molecular complexity index is 372. The molecule has 0 bridgehead atoms. The summed E-state index contributed by atoms with van der Waals surface area (Å²) in [5.74, 6) is 2.01. The number of aliphatic hydroxyl groups is 1. The average Bonchev–Trinajstić information content (AvgIpc) is 2.84. The van der Waals surface area contributed by atoms with Crippen LogP contribution in [0.1, 0.15) is 10.6 Å². The molecule has 0 radical (unpaired) electrons. The number of aliphatic hydroxyl groups excluding tert-OH is 1. The Morgan fingerprint density at radius 1 is 1.65 bits per heavy atom. The molecule has 0 aliphatic heterocycles. The zero-order valence-corrected chi connectivity index (χ0v) is 13.6. The summed E-state index contributed by atoms with van der Waals surface area (Å²) < 4.78 is 5.49. The number of hydrogen-bond acceptors (Lipinski definition) is 6. The second-order valence-corrected chi connectivity index (χ2v) is 6.50. The average molecular weight is 316 g/mol. The van der Waals surface area contributed by atoms with Crippen molar-refractivity contribution in [3.05, 3.63) is 28.7 Å². The molecule has 1 atom stereocenters. The molecule has 1 heterocycles. The molecule has 2 N–H and O–H groups in total. The molecule has 114 valence electrons. The van der Waals surface area contributed by atoms with Gasteiger partial charge in [0.15, 0.2) is 0 Å². The lowest BCUT2D eigenvalue weighted by atomic mass is 10.3. The fourth-order valence-electron chi connectivity index (χ4n) is 1.59. The molecule has 6 heteroatoms. The van der Waals surface area contributed by atoms with Gasteiger partial charge in [-0.2, -0.15) is 11.8 Å². The number of aryl methyl sites for hydroxylation is 1. The van der Waals surface area contributed by atoms with E-state index >= 15 is 0 Å². The van der Waals surface area contributed by atoms with E-state index in [4.69, 9.17) is 4.74 Å². The minimum Gasteiger partial charge on any atom is -0.389 e. The molecule has 0 amide bonds. The summed E-state index contributed by atoms with van der Waals surface area (Å²) in [4.78, 5) is 5.46. The van der Waals surface area contributed by atoms with E-state index in [1.165, 1.54) is 4.88 Å². The van der Waals surface area contributed by atoms with Crippen LogP contribution < -0.4 is 5.32 Å². The predicted octanol–water partition coefficient (Wildman–Crippen LogP) is 1.88. The van der Waals surface area contributed by atoms with E-state index in [-0.39, 0.29) is 0 Å². The molecule has 0 fully saturated rings. The third-order valence-corrected chi connectivity index (χ3v) is 4.63. The number of nitrogens with zero attached hydrogens (tertiary/aromatic N) is 1. The number of aromatic nitrogens is 1. The first kappa shape index (κ1) is 17.7. The van der Waals surface area contributed by atoms with Gasteiger partial charge in [0, 0.05) is 35.9 Å². The number of rotatable bonds is 12. The lowest BCUT2D eigenvalue weighted by Gasteiger charge is -2.12. The third kappa shape index (κ3) is 8.01. The van der Waals surface area contributed by atoms with Crippen LogP contribution >= 0.6 is 23.1 Å². The van der Waals surface area contributed by atoms with Gasteiger partial charge in [0.2, 0.25) is 0 Å². The van der Waals surface area contributed by atoms with Gasteiger partial charge in [-0.1, -0.05) is 6.08 Å². The van der Waals surface area contributed by atoms with Gasteiger partial charge in [-0.25, -0.2) is 4.98 Å². The first-order valence-corrected chi connectivity index (χ1v) is 8.81. The van der Waals surface area contributed by atoms with Crippen LogP contribution in [0.3, 0.4) is 0 Å². The molecule has 1 aromatic heterocycles. The van der Waals surface area contributed by atoms with Crippen LogP contribution in [0, 0.1) is 6.92 Å². The van der Waals surface area contributed by atoms with Gasteiger partial charge < -0.3 is 15.2 Å². The predicted molar refractivity (Wildman–Crippen MR) is 87.8 cm³/mol. The number of thioether (sulfide) groups is 1. The topological polar surface area (TPSA) is 54.4 Å². The van der Waals surface area contributed by atoms with E-state index in [1.54, 1.807) is 11.3 Å². The summed E-state index contributed by atoms with van der Waals surface area (Å²) in [7, 11) is 0. The van der Waals surface area contributed by atoms with Crippen LogP contribution in [0.5, 0.6) is 0 Å². The Morgan fingerprint density at radius 2 is 2.50 bits per heavy atom. The van der Waals surface area contributed by atoms with Crippen LogP contribution in [0.25, 0.3) is 0 Å². The van der Waals surface area contributed by atoms with Crippen molar-refractivity contribution in [3.8, 4) is 0 Å². The van der Waals surface area contributed by atoms with Crippen molar-refractivity contribution < 1.29 is 9.84 Å². The van der Waals surface area contributed by atoms with Crippen molar-refractivity contribution in [2.24, 2.45) is 0 Å². The maximum atomic E-state index is 9.74. The first-order chi connectivity index (χ1) is 9.74. The lowest BCUT2D eigenvalue weighted by Crippen LogP contribution is -2.32. The van der Waals surface area contributed by atoms with Crippen LogP contribution in [0.15, 0.2) is 18.2 Å². The van der Waals surface area contributed by atoms with Crippen molar-refractivity contribution >= 4 is 23.1 Å². The highest BCUT2D eigenvalue weighted by molar-refractivity contribution is 7.99. The van der Waals surface area contributed by atoms with Crippen molar-refractivity contribution in [2.45, 2.75) is 19.4 Å². The molecule has 0 saturated carbocycles. The second kappa shape index (κ2) is 11.3. The molecule has 1 unspecified atom stereocenters. The summed E-state index contributed by atoms with van der Waals surface area (Å²) >= 11 is 3.48. The molecule has 0 aliphatic rings. The molecule has 0 aliphatic carbocycles. The smallest absolute Gasteiger partial charge is 0.0897 e. The Morgan fingerprint density at radius 3 is 3.20 bits per heavy atom. The maximum absolute atomic E-state index is 9.74. The summed E-state index contributed by atoms with van der Waals surface area (Å²) in [5, 5.41) is 13.0. The molecular weight excluding hydrogens is 292 g/mol. The zero-order chi connectivity index (χ0) is 14.6.